The molecular formula is C16H20N4O4S. The summed E-state index contributed by atoms with van der Waals surface area (Å²) in [5, 5.41) is 10.9. The van der Waals surface area contributed by atoms with Gasteiger partial charge in [-0.15, -0.1) is 0 Å². The second-order valence-corrected chi connectivity index (χ2v) is 6.23. The molecule has 1 saturated heterocycles. The minimum Gasteiger partial charge on any atom is -0.412 e. The van der Waals surface area contributed by atoms with Crippen LogP contribution in [-0.2, 0) is 4.74 Å². The van der Waals surface area contributed by atoms with Gasteiger partial charge in [-0.1, -0.05) is 12.1 Å². The van der Waals surface area contributed by atoms with Crippen LogP contribution in [0.4, 0.5) is 0 Å². The number of ether oxygens (including phenoxy) is 1. The number of nitrogens with one attached hydrogen (secondary N) is 1. The monoisotopic (exact) mass is 364 g/mol. The predicted octanol–water partition coefficient (Wildman–Crippen LogP) is 0.669. The van der Waals surface area contributed by atoms with Crippen LogP contribution < -0.4 is 10.7 Å². The maximum Gasteiger partial charge on any atom is 0.259 e. The van der Waals surface area contributed by atoms with Crippen LogP contribution >= 0.6 is 11.9 Å². The minimum absolute atomic E-state index is 0. The smallest absolute Gasteiger partial charge is 0.259 e. The lowest BCUT2D eigenvalue weighted by molar-refractivity contribution is 0.185. The largest absolute Gasteiger partial charge is 0.412 e. The van der Waals surface area contributed by atoms with E-state index in [1.54, 1.807) is 6.20 Å². The number of rotatable bonds is 3. The van der Waals surface area contributed by atoms with Gasteiger partial charge >= 0.3 is 0 Å². The molecule has 1 fully saturated rings. The fraction of sp³-hybridized carbons (Fsp3) is 0.250. The van der Waals surface area contributed by atoms with Crippen LogP contribution in [0.25, 0.3) is 22.2 Å². The number of hydrogen-bond donors (Lipinski definition) is 2. The third kappa shape index (κ3) is 3.32. The molecule has 0 saturated carbocycles. The first-order valence-corrected chi connectivity index (χ1v) is 8.30. The van der Waals surface area contributed by atoms with Crippen molar-refractivity contribution >= 4 is 22.9 Å². The second kappa shape index (κ2) is 7.81. The lowest BCUT2D eigenvalue weighted by atomic mass is 10.1. The number of pyridine rings is 1. The molecule has 1 aliphatic heterocycles. The lowest BCUT2D eigenvalue weighted by Gasteiger charge is -2.09. The van der Waals surface area contributed by atoms with Crippen LogP contribution in [0.5, 0.6) is 0 Å². The maximum atomic E-state index is 12.4. The van der Waals surface area contributed by atoms with Crippen molar-refractivity contribution in [1.82, 2.24) is 14.8 Å². The van der Waals surface area contributed by atoms with Crippen molar-refractivity contribution in [1.29, 1.82) is 0 Å². The topological polar surface area (TPSA) is 149 Å². The van der Waals surface area contributed by atoms with Gasteiger partial charge in [0.1, 0.15) is 5.69 Å². The summed E-state index contributed by atoms with van der Waals surface area (Å²) >= 11 is 1.20. The molecule has 8 nitrogen and oxygen atoms in total. The van der Waals surface area contributed by atoms with Gasteiger partial charge in [-0.2, -0.15) is 5.10 Å². The normalized spacial score (nSPS) is 16.4. The average Bonchev–Trinajstić information content (AvgIpc) is 3.23. The van der Waals surface area contributed by atoms with Gasteiger partial charge < -0.3 is 20.7 Å². The molecule has 1 atom stereocenters. The molecule has 0 aliphatic carbocycles. The minimum atomic E-state index is -0.125. The maximum absolute atomic E-state index is 12.4. The Hall–Kier alpha value is -2.17. The Bertz CT molecular complexity index is 901. The standard InChI is InChI=1S/C16H16N4O2S.2H2O/c17-23-12-3-1-10(2-4-12)15-14-13(5-7-18-16(14)21)20(19-15)11-6-8-22-9-11;;/h1-5,7,11H,6,8-9,17H2,(H,18,21);2*1H2. The molecule has 134 valence electrons. The van der Waals surface area contributed by atoms with Crippen molar-refractivity contribution in [3.63, 3.8) is 0 Å². The van der Waals surface area contributed by atoms with E-state index in [4.69, 9.17) is 15.0 Å². The van der Waals surface area contributed by atoms with E-state index in [2.05, 4.69) is 4.98 Å². The predicted molar refractivity (Wildman–Crippen MR) is 97.5 cm³/mol. The molecule has 4 rings (SSSR count). The zero-order chi connectivity index (χ0) is 15.8. The van der Waals surface area contributed by atoms with Crippen molar-refractivity contribution in [2.45, 2.75) is 17.4 Å². The molecule has 3 heterocycles. The number of nitrogens with zero attached hydrogens (tertiary/aromatic N) is 2. The number of hydrogen-bond acceptors (Lipinski definition) is 5. The van der Waals surface area contributed by atoms with E-state index in [1.807, 2.05) is 35.0 Å². The Balaban J connectivity index is 0.00000113. The van der Waals surface area contributed by atoms with Crippen LogP contribution in [-0.4, -0.2) is 38.9 Å². The highest BCUT2D eigenvalue weighted by Crippen LogP contribution is 2.30. The van der Waals surface area contributed by atoms with E-state index in [9.17, 15) is 4.79 Å². The molecule has 25 heavy (non-hydrogen) atoms. The summed E-state index contributed by atoms with van der Waals surface area (Å²) in [6.07, 6.45) is 2.57. The van der Waals surface area contributed by atoms with E-state index in [1.165, 1.54) is 11.9 Å². The fourth-order valence-electron chi connectivity index (χ4n) is 2.99. The van der Waals surface area contributed by atoms with Gasteiger partial charge in [0.15, 0.2) is 0 Å². The Morgan fingerprint density at radius 3 is 2.64 bits per heavy atom. The van der Waals surface area contributed by atoms with Gasteiger partial charge in [0.05, 0.1) is 23.6 Å². The number of fused-ring (bicyclic) bond motifs is 1. The molecule has 9 heteroatoms. The first-order valence-electron chi connectivity index (χ1n) is 7.43. The van der Waals surface area contributed by atoms with E-state index >= 15 is 0 Å². The van der Waals surface area contributed by atoms with E-state index in [0.717, 1.165) is 29.0 Å². The van der Waals surface area contributed by atoms with Crippen molar-refractivity contribution in [3.8, 4) is 11.3 Å². The number of nitrogens with two attached hydrogens (primary N) is 1. The number of aromatic amines is 1. The average molecular weight is 364 g/mol. The summed E-state index contributed by atoms with van der Waals surface area (Å²) in [5.74, 6) is 0. The quantitative estimate of drug-likeness (QED) is 0.655. The molecule has 2 aromatic heterocycles. The van der Waals surface area contributed by atoms with E-state index < -0.39 is 0 Å². The molecule has 3 aromatic rings. The Labute approximate surface area is 147 Å². The van der Waals surface area contributed by atoms with Gasteiger partial charge in [-0.05, 0) is 36.6 Å². The van der Waals surface area contributed by atoms with Crippen molar-refractivity contribution in [2.75, 3.05) is 13.2 Å². The Morgan fingerprint density at radius 2 is 2.00 bits per heavy atom. The summed E-state index contributed by atoms with van der Waals surface area (Å²) in [7, 11) is 0. The van der Waals surface area contributed by atoms with Crippen molar-refractivity contribution in [3.05, 3.63) is 46.9 Å². The fourth-order valence-corrected chi connectivity index (χ4v) is 3.28. The van der Waals surface area contributed by atoms with Crippen LogP contribution in [0.1, 0.15) is 12.5 Å². The van der Waals surface area contributed by atoms with Crippen LogP contribution in [0.3, 0.4) is 0 Å². The Morgan fingerprint density at radius 1 is 1.24 bits per heavy atom. The van der Waals surface area contributed by atoms with Gasteiger partial charge in [0.2, 0.25) is 0 Å². The van der Waals surface area contributed by atoms with Crippen molar-refractivity contribution in [2.24, 2.45) is 5.14 Å². The van der Waals surface area contributed by atoms with Gasteiger partial charge in [0.25, 0.3) is 5.56 Å². The summed E-state index contributed by atoms with van der Waals surface area (Å²) < 4.78 is 7.40. The molecule has 0 spiro atoms. The molecular weight excluding hydrogens is 344 g/mol. The SMILES string of the molecule is NSc1ccc(-c2nn(C3CCOC3)c3cc[nH]c(=O)c23)cc1.O.O. The summed E-state index contributed by atoms with van der Waals surface area (Å²) in [5.41, 5.74) is 2.32. The summed E-state index contributed by atoms with van der Waals surface area (Å²) in [6, 6.07) is 9.82. The molecule has 0 bridgehead atoms. The molecule has 7 N–H and O–H groups in total. The third-order valence-electron chi connectivity index (χ3n) is 4.15. The molecule has 1 aromatic carbocycles. The lowest BCUT2D eigenvalue weighted by Crippen LogP contribution is -2.11. The van der Waals surface area contributed by atoms with E-state index in [-0.39, 0.29) is 22.6 Å². The van der Waals surface area contributed by atoms with Gasteiger partial charge in [-0.25, -0.2) is 0 Å². The number of aromatic nitrogens is 3. The third-order valence-corrected chi connectivity index (χ3v) is 4.69. The summed E-state index contributed by atoms with van der Waals surface area (Å²) in [6.45, 7) is 1.36. The zero-order valence-corrected chi connectivity index (χ0v) is 14.2. The number of H-pyrrole nitrogens is 1. The van der Waals surface area contributed by atoms with Gasteiger partial charge in [-0.3, -0.25) is 14.6 Å². The Kier molecular flexibility index (Phi) is 5.98. The van der Waals surface area contributed by atoms with Gasteiger partial charge in [0, 0.05) is 23.3 Å². The molecule has 1 unspecified atom stereocenters. The molecule has 0 amide bonds. The van der Waals surface area contributed by atoms with Crippen LogP contribution in [0.15, 0.2) is 46.2 Å². The first kappa shape index (κ1) is 19.2. The van der Waals surface area contributed by atoms with E-state index in [0.29, 0.717) is 17.7 Å². The number of benzene rings is 1. The first-order chi connectivity index (χ1) is 11.3. The van der Waals surface area contributed by atoms with Crippen LogP contribution in [0, 0.1) is 0 Å². The highest BCUT2D eigenvalue weighted by molar-refractivity contribution is 7.97. The highest BCUT2D eigenvalue weighted by atomic mass is 32.2. The van der Waals surface area contributed by atoms with Crippen molar-refractivity contribution < 1.29 is 15.7 Å². The highest BCUT2D eigenvalue weighted by Gasteiger charge is 2.23. The zero-order valence-electron chi connectivity index (χ0n) is 13.4. The molecule has 0 radical (unpaired) electrons. The second-order valence-electron chi connectivity index (χ2n) is 5.52. The van der Waals surface area contributed by atoms with Crippen LogP contribution in [0.2, 0.25) is 0 Å². The molecule has 1 aliphatic rings. The summed E-state index contributed by atoms with van der Waals surface area (Å²) in [4.78, 5) is 16.1.